The number of hydrogen-bond acceptors (Lipinski definition) is 5. The van der Waals surface area contributed by atoms with Gasteiger partial charge < -0.3 is 15.0 Å². The number of rotatable bonds is 11. The quantitative estimate of drug-likeness (QED) is 0.281. The van der Waals surface area contributed by atoms with Gasteiger partial charge in [0.05, 0.1) is 17.7 Å². The second-order valence-electron chi connectivity index (χ2n) is 10.7. The van der Waals surface area contributed by atoms with Gasteiger partial charge in [0, 0.05) is 17.1 Å². The molecule has 0 spiro atoms. The van der Waals surface area contributed by atoms with Crippen molar-refractivity contribution < 1.29 is 22.7 Å². The Morgan fingerprint density at radius 2 is 1.57 bits per heavy atom. The van der Waals surface area contributed by atoms with E-state index in [1.54, 1.807) is 43.3 Å². The summed E-state index contributed by atoms with van der Waals surface area (Å²) in [5.41, 5.74) is 2.13. The number of hydrogen-bond donors (Lipinski definition) is 1. The molecule has 10 heteroatoms. The zero-order valence-electron chi connectivity index (χ0n) is 24.3. The number of carbonyl (C=O) groups excluding carboxylic acids is 2. The Balaban J connectivity index is 1.66. The van der Waals surface area contributed by atoms with E-state index in [1.165, 1.54) is 24.1 Å². The van der Waals surface area contributed by atoms with Gasteiger partial charge in [-0.05, 0) is 80.8 Å². The predicted molar refractivity (Wildman–Crippen MR) is 168 cm³/mol. The molecule has 8 nitrogen and oxygen atoms in total. The van der Waals surface area contributed by atoms with Crippen molar-refractivity contribution in [1.82, 2.24) is 10.2 Å². The minimum absolute atomic E-state index is 0.0271. The number of aryl methyl sites for hydroxylation is 1. The van der Waals surface area contributed by atoms with Crippen LogP contribution in [0.2, 0.25) is 0 Å². The summed E-state index contributed by atoms with van der Waals surface area (Å²) in [5, 5.41) is 3.12. The molecule has 1 atom stereocenters. The molecule has 2 amide bonds. The minimum atomic E-state index is -4.14. The summed E-state index contributed by atoms with van der Waals surface area (Å²) in [7, 11) is -2.64. The summed E-state index contributed by atoms with van der Waals surface area (Å²) in [6, 6.07) is 19.8. The second-order valence-corrected chi connectivity index (χ2v) is 13.5. The number of halogens is 1. The van der Waals surface area contributed by atoms with Crippen LogP contribution in [0.4, 0.5) is 5.69 Å². The van der Waals surface area contributed by atoms with Crippen molar-refractivity contribution >= 4 is 43.5 Å². The largest absolute Gasteiger partial charge is 0.497 e. The summed E-state index contributed by atoms with van der Waals surface area (Å²) in [5.74, 6) is -0.209. The van der Waals surface area contributed by atoms with E-state index in [2.05, 4.69) is 21.2 Å². The number of nitrogens with zero attached hydrogens (tertiary/aromatic N) is 2. The van der Waals surface area contributed by atoms with Crippen LogP contribution in [0, 0.1) is 6.92 Å². The molecule has 1 fully saturated rings. The molecule has 1 unspecified atom stereocenters. The molecule has 3 aromatic rings. The number of anilines is 1. The van der Waals surface area contributed by atoms with Crippen LogP contribution in [0.1, 0.15) is 50.2 Å². The average molecular weight is 657 g/mol. The summed E-state index contributed by atoms with van der Waals surface area (Å²) in [4.78, 5) is 29.0. The number of nitrogens with one attached hydrogen (secondary N) is 1. The molecular weight excluding hydrogens is 618 g/mol. The fourth-order valence-electron chi connectivity index (χ4n) is 5.05. The van der Waals surface area contributed by atoms with Gasteiger partial charge in [0.1, 0.15) is 18.3 Å². The van der Waals surface area contributed by atoms with Gasteiger partial charge in [-0.3, -0.25) is 13.9 Å². The Morgan fingerprint density at radius 1 is 0.952 bits per heavy atom. The maximum atomic E-state index is 14.1. The van der Waals surface area contributed by atoms with Crippen molar-refractivity contribution in [2.75, 3.05) is 18.0 Å². The van der Waals surface area contributed by atoms with Crippen molar-refractivity contribution in [3.8, 4) is 5.75 Å². The Bertz CT molecular complexity index is 1460. The first-order valence-electron chi connectivity index (χ1n) is 14.2. The summed E-state index contributed by atoms with van der Waals surface area (Å²) < 4.78 is 35.1. The Kier molecular flexibility index (Phi) is 10.7. The number of sulfonamides is 1. The van der Waals surface area contributed by atoms with E-state index in [0.29, 0.717) is 11.4 Å². The standard InChI is InChI=1S/C32H38BrN3O5S/c1-23-9-15-28(16-10-23)36(42(39,40)30-19-17-29(41-3)18-20-30)22-31(37)35(21-25-11-13-26(33)14-12-25)24(2)32(38)34-27-7-5-4-6-8-27/h9-20,24,27H,4-8,21-22H2,1-3H3,(H,34,38). The van der Waals surface area contributed by atoms with Crippen molar-refractivity contribution in [3.63, 3.8) is 0 Å². The van der Waals surface area contributed by atoms with Gasteiger partial charge in [-0.1, -0.05) is 65.0 Å². The van der Waals surface area contributed by atoms with Gasteiger partial charge in [0.2, 0.25) is 11.8 Å². The zero-order chi connectivity index (χ0) is 30.3. The molecule has 0 saturated heterocycles. The van der Waals surface area contributed by atoms with E-state index in [9.17, 15) is 18.0 Å². The van der Waals surface area contributed by atoms with E-state index < -0.39 is 28.5 Å². The highest BCUT2D eigenvalue weighted by atomic mass is 79.9. The van der Waals surface area contributed by atoms with Gasteiger partial charge >= 0.3 is 0 Å². The lowest BCUT2D eigenvalue weighted by Crippen LogP contribution is -2.53. The third kappa shape index (κ3) is 7.92. The van der Waals surface area contributed by atoms with Gasteiger partial charge in [-0.2, -0.15) is 0 Å². The molecule has 0 aliphatic heterocycles. The van der Waals surface area contributed by atoms with Crippen molar-refractivity contribution in [1.29, 1.82) is 0 Å². The lowest BCUT2D eigenvalue weighted by Gasteiger charge is -2.33. The summed E-state index contributed by atoms with van der Waals surface area (Å²) in [6.07, 6.45) is 5.12. The van der Waals surface area contributed by atoms with Crippen molar-refractivity contribution in [3.05, 3.63) is 88.4 Å². The first-order chi connectivity index (χ1) is 20.1. The predicted octanol–water partition coefficient (Wildman–Crippen LogP) is 5.83. The Labute approximate surface area is 257 Å². The lowest BCUT2D eigenvalue weighted by molar-refractivity contribution is -0.139. The molecule has 1 saturated carbocycles. The number of ether oxygens (including phenoxy) is 1. The van der Waals surface area contributed by atoms with E-state index in [1.807, 2.05) is 31.2 Å². The smallest absolute Gasteiger partial charge is 0.264 e. The SMILES string of the molecule is COc1ccc(S(=O)(=O)N(CC(=O)N(Cc2ccc(Br)cc2)C(C)C(=O)NC2CCCCC2)c2ccc(C)cc2)cc1. The highest BCUT2D eigenvalue weighted by Crippen LogP contribution is 2.27. The Morgan fingerprint density at radius 3 is 2.17 bits per heavy atom. The van der Waals surface area contributed by atoms with Gasteiger partial charge in [-0.15, -0.1) is 0 Å². The van der Waals surface area contributed by atoms with E-state index >= 15 is 0 Å². The molecular formula is C32H38BrN3O5S. The van der Waals surface area contributed by atoms with Gasteiger partial charge in [0.15, 0.2) is 0 Å². The molecule has 42 heavy (non-hydrogen) atoms. The third-order valence-corrected chi connectivity index (χ3v) is 9.95. The highest BCUT2D eigenvalue weighted by Gasteiger charge is 2.33. The monoisotopic (exact) mass is 655 g/mol. The number of carbonyl (C=O) groups is 2. The summed E-state index contributed by atoms with van der Waals surface area (Å²) >= 11 is 3.44. The van der Waals surface area contributed by atoms with E-state index in [4.69, 9.17) is 4.74 Å². The van der Waals surface area contributed by atoms with Crippen LogP contribution in [0.3, 0.4) is 0 Å². The molecule has 3 aromatic carbocycles. The number of benzene rings is 3. The van der Waals surface area contributed by atoms with Crippen molar-refractivity contribution in [2.45, 2.75) is 69.5 Å². The molecule has 1 aliphatic rings. The minimum Gasteiger partial charge on any atom is -0.497 e. The van der Waals surface area contributed by atoms with Crippen LogP contribution in [-0.4, -0.2) is 50.9 Å². The number of methoxy groups -OCH3 is 1. The van der Waals surface area contributed by atoms with Crippen LogP contribution in [0.15, 0.2) is 82.2 Å². The van der Waals surface area contributed by atoms with Crippen LogP contribution >= 0.6 is 15.9 Å². The van der Waals surface area contributed by atoms with Crippen molar-refractivity contribution in [2.24, 2.45) is 0 Å². The van der Waals surface area contributed by atoms with E-state index in [0.717, 1.165) is 52.0 Å². The zero-order valence-corrected chi connectivity index (χ0v) is 26.7. The summed E-state index contributed by atoms with van der Waals surface area (Å²) in [6.45, 7) is 3.28. The maximum absolute atomic E-state index is 14.1. The first kappa shape index (κ1) is 31.6. The fraction of sp³-hybridized carbons (Fsp3) is 0.375. The molecule has 0 bridgehead atoms. The molecule has 1 aliphatic carbocycles. The topological polar surface area (TPSA) is 96.0 Å². The van der Waals surface area contributed by atoms with Crippen LogP contribution in [0.25, 0.3) is 0 Å². The number of amides is 2. The third-order valence-electron chi connectivity index (χ3n) is 7.63. The lowest BCUT2D eigenvalue weighted by atomic mass is 9.95. The molecule has 0 heterocycles. The molecule has 1 N–H and O–H groups in total. The first-order valence-corrected chi connectivity index (χ1v) is 16.4. The average Bonchev–Trinajstić information content (AvgIpc) is 3.00. The van der Waals surface area contributed by atoms with Crippen LogP contribution in [0.5, 0.6) is 5.75 Å². The normalized spacial score (nSPS) is 14.6. The van der Waals surface area contributed by atoms with Gasteiger partial charge in [0.25, 0.3) is 10.0 Å². The maximum Gasteiger partial charge on any atom is 0.264 e. The molecule has 0 aromatic heterocycles. The van der Waals surface area contributed by atoms with Gasteiger partial charge in [-0.25, -0.2) is 8.42 Å². The fourth-order valence-corrected chi connectivity index (χ4v) is 6.73. The van der Waals surface area contributed by atoms with Crippen LogP contribution in [-0.2, 0) is 26.2 Å². The second kappa shape index (κ2) is 14.2. The molecule has 0 radical (unpaired) electrons. The molecule has 224 valence electrons. The van der Waals surface area contributed by atoms with Crippen LogP contribution < -0.4 is 14.4 Å². The van der Waals surface area contributed by atoms with E-state index in [-0.39, 0.29) is 23.4 Å². The molecule has 4 rings (SSSR count). The highest BCUT2D eigenvalue weighted by molar-refractivity contribution is 9.10. The Hall–Kier alpha value is -3.37.